The van der Waals surface area contributed by atoms with Gasteiger partial charge < -0.3 is 15.4 Å². The second-order valence-corrected chi connectivity index (χ2v) is 5.38. The molecule has 0 radical (unpaired) electrons. The van der Waals surface area contributed by atoms with Crippen LogP contribution in [0.3, 0.4) is 0 Å². The van der Waals surface area contributed by atoms with Crippen molar-refractivity contribution in [2.75, 3.05) is 19.4 Å². The highest BCUT2D eigenvalue weighted by molar-refractivity contribution is 5.97. The number of amides is 1. The van der Waals surface area contributed by atoms with E-state index in [-0.39, 0.29) is 24.0 Å². The molecule has 0 aliphatic carbocycles. The topological polar surface area (TPSA) is 114 Å². The standard InChI is InChI=1S/C15H17N5O3/c1-8-5-10(12(23-2)6-17-8)14(22)20-4-3-9-11(7-20)18-15(16)19-13(9)21/h5-6H,3-4,7H2,1-2H3,(H3,16,18,19,21). The molecule has 0 fully saturated rings. The van der Waals surface area contributed by atoms with E-state index in [1.807, 2.05) is 6.92 Å². The van der Waals surface area contributed by atoms with Crippen LogP contribution in [0.1, 0.15) is 27.3 Å². The molecule has 8 nitrogen and oxygen atoms in total. The molecule has 3 rings (SSSR count). The predicted octanol–water partition coefficient (Wildman–Crippen LogP) is 0.263. The van der Waals surface area contributed by atoms with Gasteiger partial charge in [0, 0.05) is 17.8 Å². The van der Waals surface area contributed by atoms with Gasteiger partial charge in [-0.3, -0.25) is 19.6 Å². The number of aromatic nitrogens is 3. The molecule has 3 N–H and O–H groups in total. The first kappa shape index (κ1) is 15.0. The van der Waals surface area contributed by atoms with Gasteiger partial charge in [0.05, 0.1) is 31.1 Å². The summed E-state index contributed by atoms with van der Waals surface area (Å²) in [4.78, 5) is 37.0. The molecule has 0 bridgehead atoms. The molecule has 0 saturated heterocycles. The van der Waals surface area contributed by atoms with Gasteiger partial charge in [0.1, 0.15) is 5.75 Å². The van der Waals surface area contributed by atoms with E-state index in [2.05, 4.69) is 15.0 Å². The van der Waals surface area contributed by atoms with Crippen molar-refractivity contribution >= 4 is 11.9 Å². The maximum absolute atomic E-state index is 12.8. The Kier molecular flexibility index (Phi) is 3.73. The maximum Gasteiger partial charge on any atom is 0.258 e. The summed E-state index contributed by atoms with van der Waals surface area (Å²) in [6.45, 7) is 2.49. The number of carbonyl (C=O) groups is 1. The van der Waals surface area contributed by atoms with Gasteiger partial charge in [0.15, 0.2) is 0 Å². The van der Waals surface area contributed by atoms with Gasteiger partial charge in [0.25, 0.3) is 11.5 Å². The summed E-state index contributed by atoms with van der Waals surface area (Å²) in [6.07, 6.45) is 1.97. The van der Waals surface area contributed by atoms with Crippen LogP contribution in [0.5, 0.6) is 5.75 Å². The molecular formula is C15H17N5O3. The number of aromatic amines is 1. The molecule has 2 aromatic heterocycles. The van der Waals surface area contributed by atoms with Gasteiger partial charge in [-0.2, -0.15) is 0 Å². The third-order valence-corrected chi connectivity index (χ3v) is 3.83. The van der Waals surface area contributed by atoms with E-state index in [0.717, 1.165) is 5.69 Å². The number of nitrogens with two attached hydrogens (primary N) is 1. The van der Waals surface area contributed by atoms with Gasteiger partial charge in [-0.25, -0.2) is 4.98 Å². The molecule has 0 unspecified atom stereocenters. The van der Waals surface area contributed by atoms with Crippen LogP contribution in [-0.2, 0) is 13.0 Å². The second-order valence-electron chi connectivity index (χ2n) is 5.38. The average molecular weight is 315 g/mol. The minimum absolute atomic E-state index is 0.0559. The van der Waals surface area contributed by atoms with Crippen LogP contribution in [0.4, 0.5) is 5.95 Å². The van der Waals surface area contributed by atoms with Crippen molar-refractivity contribution in [3.8, 4) is 5.75 Å². The molecule has 0 spiro atoms. The third kappa shape index (κ3) is 2.75. The Labute approximate surface area is 132 Å². The number of aryl methyl sites for hydroxylation is 1. The molecule has 1 amide bonds. The van der Waals surface area contributed by atoms with E-state index in [4.69, 9.17) is 10.5 Å². The van der Waals surface area contributed by atoms with Crippen LogP contribution in [-0.4, -0.2) is 39.4 Å². The number of anilines is 1. The molecule has 0 aromatic carbocycles. The number of nitrogen functional groups attached to an aromatic ring is 1. The first-order chi connectivity index (χ1) is 11.0. The number of fused-ring (bicyclic) bond motifs is 1. The molecule has 8 heteroatoms. The zero-order valence-electron chi connectivity index (χ0n) is 12.9. The van der Waals surface area contributed by atoms with Gasteiger partial charge in [-0.1, -0.05) is 0 Å². The van der Waals surface area contributed by atoms with E-state index in [1.54, 1.807) is 11.0 Å². The second kappa shape index (κ2) is 5.71. The Hall–Kier alpha value is -2.90. The lowest BCUT2D eigenvalue weighted by molar-refractivity contribution is 0.0727. The Morgan fingerprint density at radius 1 is 1.48 bits per heavy atom. The van der Waals surface area contributed by atoms with Crippen LogP contribution >= 0.6 is 0 Å². The lowest BCUT2D eigenvalue weighted by Crippen LogP contribution is -2.39. The molecule has 1 aliphatic rings. The van der Waals surface area contributed by atoms with Crippen LogP contribution in [0, 0.1) is 6.92 Å². The highest BCUT2D eigenvalue weighted by atomic mass is 16.5. The van der Waals surface area contributed by atoms with Gasteiger partial charge in [-0.15, -0.1) is 0 Å². The largest absolute Gasteiger partial charge is 0.494 e. The van der Waals surface area contributed by atoms with E-state index in [1.165, 1.54) is 13.3 Å². The van der Waals surface area contributed by atoms with Crippen LogP contribution in [0.25, 0.3) is 0 Å². The fraction of sp³-hybridized carbons (Fsp3) is 0.333. The van der Waals surface area contributed by atoms with Gasteiger partial charge in [-0.05, 0) is 19.4 Å². The molecular weight excluding hydrogens is 298 g/mol. The van der Waals surface area contributed by atoms with Crippen molar-refractivity contribution in [2.24, 2.45) is 0 Å². The highest BCUT2D eigenvalue weighted by Crippen LogP contribution is 2.23. The predicted molar refractivity (Wildman–Crippen MR) is 83.2 cm³/mol. The summed E-state index contributed by atoms with van der Waals surface area (Å²) in [5.74, 6) is 0.295. The fourth-order valence-corrected chi connectivity index (χ4v) is 2.68. The number of rotatable bonds is 2. The Morgan fingerprint density at radius 3 is 3.00 bits per heavy atom. The minimum Gasteiger partial charge on any atom is -0.494 e. The molecule has 120 valence electrons. The van der Waals surface area contributed by atoms with Gasteiger partial charge >= 0.3 is 0 Å². The van der Waals surface area contributed by atoms with E-state index in [9.17, 15) is 9.59 Å². The summed E-state index contributed by atoms with van der Waals surface area (Å²) < 4.78 is 5.22. The number of nitrogens with zero attached hydrogens (tertiary/aromatic N) is 3. The SMILES string of the molecule is COc1cnc(C)cc1C(=O)N1CCc2c(nc(N)[nH]c2=O)C1. The summed E-state index contributed by atoms with van der Waals surface area (Å²) in [7, 11) is 1.50. The van der Waals surface area contributed by atoms with E-state index >= 15 is 0 Å². The number of nitrogens with one attached hydrogen (secondary N) is 1. The van der Waals surface area contributed by atoms with E-state index < -0.39 is 0 Å². The van der Waals surface area contributed by atoms with E-state index in [0.29, 0.717) is 35.5 Å². The van der Waals surface area contributed by atoms with Crippen molar-refractivity contribution < 1.29 is 9.53 Å². The van der Waals surface area contributed by atoms with Crippen molar-refractivity contribution in [2.45, 2.75) is 19.9 Å². The summed E-state index contributed by atoms with van der Waals surface area (Å²) in [6, 6.07) is 1.69. The number of carbonyl (C=O) groups excluding carboxylic acids is 1. The normalized spacial score (nSPS) is 13.6. The first-order valence-corrected chi connectivity index (χ1v) is 7.17. The summed E-state index contributed by atoms with van der Waals surface area (Å²) in [5, 5.41) is 0. The number of methoxy groups -OCH3 is 1. The summed E-state index contributed by atoms with van der Waals surface area (Å²) >= 11 is 0. The van der Waals surface area contributed by atoms with Crippen molar-refractivity contribution in [1.29, 1.82) is 0 Å². The van der Waals surface area contributed by atoms with Gasteiger partial charge in [0.2, 0.25) is 5.95 Å². The molecule has 1 aliphatic heterocycles. The Bertz CT molecular complexity index is 830. The average Bonchev–Trinajstić information content (AvgIpc) is 2.53. The lowest BCUT2D eigenvalue weighted by atomic mass is 10.1. The zero-order chi connectivity index (χ0) is 16.6. The Balaban J connectivity index is 1.93. The Morgan fingerprint density at radius 2 is 2.26 bits per heavy atom. The molecule has 23 heavy (non-hydrogen) atoms. The van der Waals surface area contributed by atoms with Crippen molar-refractivity contribution in [1.82, 2.24) is 19.9 Å². The summed E-state index contributed by atoms with van der Waals surface area (Å²) in [5.41, 5.74) is 7.64. The highest BCUT2D eigenvalue weighted by Gasteiger charge is 2.26. The monoisotopic (exact) mass is 315 g/mol. The number of hydrogen-bond acceptors (Lipinski definition) is 6. The smallest absolute Gasteiger partial charge is 0.258 e. The van der Waals surface area contributed by atoms with Crippen molar-refractivity contribution in [3.63, 3.8) is 0 Å². The molecule has 0 saturated carbocycles. The first-order valence-electron chi connectivity index (χ1n) is 7.17. The number of H-pyrrole nitrogens is 1. The number of ether oxygens (including phenoxy) is 1. The number of pyridine rings is 1. The van der Waals surface area contributed by atoms with Crippen LogP contribution < -0.4 is 16.0 Å². The van der Waals surface area contributed by atoms with Crippen molar-refractivity contribution in [3.05, 3.63) is 45.1 Å². The zero-order valence-corrected chi connectivity index (χ0v) is 12.9. The molecule has 2 aromatic rings. The molecule has 3 heterocycles. The quantitative estimate of drug-likeness (QED) is 0.822. The van der Waals surface area contributed by atoms with Crippen LogP contribution in [0.15, 0.2) is 17.1 Å². The number of hydrogen-bond donors (Lipinski definition) is 2. The third-order valence-electron chi connectivity index (χ3n) is 3.83. The minimum atomic E-state index is -0.239. The van der Waals surface area contributed by atoms with Crippen LogP contribution in [0.2, 0.25) is 0 Å². The molecule has 0 atom stereocenters. The fourth-order valence-electron chi connectivity index (χ4n) is 2.68. The maximum atomic E-state index is 12.8. The lowest BCUT2D eigenvalue weighted by Gasteiger charge is -2.28.